The number of rotatable bonds is 3. The molecule has 120 valence electrons. The lowest BCUT2D eigenvalue weighted by molar-refractivity contribution is 0.415. The molecule has 0 aliphatic carbocycles. The van der Waals surface area contributed by atoms with Gasteiger partial charge in [-0.15, -0.1) is 0 Å². The van der Waals surface area contributed by atoms with E-state index < -0.39 is 0 Å². The van der Waals surface area contributed by atoms with Crippen LogP contribution < -0.4 is 4.74 Å². The molecule has 0 aliphatic heterocycles. The molecule has 0 saturated carbocycles. The molecular formula is C21H14N2O2. The van der Waals surface area contributed by atoms with Crippen molar-refractivity contribution in [2.45, 2.75) is 0 Å². The minimum absolute atomic E-state index is 0.603. The molecule has 0 fully saturated rings. The van der Waals surface area contributed by atoms with E-state index in [2.05, 4.69) is 11.1 Å². The minimum Gasteiger partial charge on any atom is -0.496 e. The molecule has 2 aromatic heterocycles. The Morgan fingerprint density at radius 1 is 1.00 bits per heavy atom. The predicted molar refractivity (Wildman–Crippen MR) is 96.1 cm³/mol. The molecule has 0 aliphatic rings. The fourth-order valence-electron chi connectivity index (χ4n) is 2.91. The number of aromatic nitrogens is 1. The Morgan fingerprint density at radius 2 is 1.88 bits per heavy atom. The zero-order valence-electron chi connectivity index (χ0n) is 13.6. The third-order valence-electron chi connectivity index (χ3n) is 4.10. The summed E-state index contributed by atoms with van der Waals surface area (Å²) in [6.45, 7) is 0. The van der Waals surface area contributed by atoms with E-state index in [0.717, 1.165) is 39.2 Å². The molecule has 0 atom stereocenters. The maximum Gasteiger partial charge on any atom is 0.145 e. The molecule has 0 bridgehead atoms. The van der Waals surface area contributed by atoms with Gasteiger partial charge in [-0.05, 0) is 35.9 Å². The van der Waals surface area contributed by atoms with Crippen LogP contribution in [0, 0.1) is 11.3 Å². The Morgan fingerprint density at radius 3 is 2.72 bits per heavy atom. The van der Waals surface area contributed by atoms with E-state index in [-0.39, 0.29) is 0 Å². The standard InChI is InChI=1S/C21H14N2O2/c1-24-19-8-3-2-7-17(19)20-10-16-12-23-13-18(21(16)25-20)15-6-4-5-14(9-15)11-22/h2-10,12-13H,1H3. The van der Waals surface area contributed by atoms with Crippen molar-refractivity contribution in [1.82, 2.24) is 4.98 Å². The molecule has 4 rings (SSSR count). The molecule has 0 N–H and O–H groups in total. The summed E-state index contributed by atoms with van der Waals surface area (Å²) >= 11 is 0. The smallest absolute Gasteiger partial charge is 0.145 e. The summed E-state index contributed by atoms with van der Waals surface area (Å²) in [5.41, 5.74) is 3.99. The van der Waals surface area contributed by atoms with Crippen LogP contribution in [0.2, 0.25) is 0 Å². The number of benzene rings is 2. The van der Waals surface area contributed by atoms with Crippen LogP contribution in [0.5, 0.6) is 5.75 Å². The molecular weight excluding hydrogens is 312 g/mol. The van der Waals surface area contributed by atoms with Gasteiger partial charge in [-0.2, -0.15) is 5.26 Å². The van der Waals surface area contributed by atoms with Gasteiger partial charge >= 0.3 is 0 Å². The summed E-state index contributed by atoms with van der Waals surface area (Å²) in [7, 11) is 1.64. The third-order valence-corrected chi connectivity index (χ3v) is 4.10. The molecule has 25 heavy (non-hydrogen) atoms. The van der Waals surface area contributed by atoms with Gasteiger partial charge in [0.2, 0.25) is 0 Å². The molecule has 0 unspecified atom stereocenters. The van der Waals surface area contributed by atoms with Gasteiger partial charge in [-0.25, -0.2) is 0 Å². The Hall–Kier alpha value is -3.58. The zero-order valence-corrected chi connectivity index (χ0v) is 13.6. The summed E-state index contributed by atoms with van der Waals surface area (Å²) < 4.78 is 11.6. The molecule has 0 saturated heterocycles. The molecule has 4 nitrogen and oxygen atoms in total. The van der Waals surface area contributed by atoms with Crippen molar-refractivity contribution in [3.05, 3.63) is 72.6 Å². The number of para-hydroxylation sites is 1. The Bertz CT molecular complexity index is 1110. The average Bonchev–Trinajstić information content (AvgIpc) is 3.12. The summed E-state index contributed by atoms with van der Waals surface area (Å²) in [5, 5.41) is 10.0. The lowest BCUT2D eigenvalue weighted by Gasteiger charge is -2.05. The number of ether oxygens (including phenoxy) is 1. The number of nitrogens with zero attached hydrogens (tertiary/aromatic N) is 2. The second-order valence-electron chi connectivity index (χ2n) is 5.61. The fourth-order valence-corrected chi connectivity index (χ4v) is 2.91. The maximum atomic E-state index is 9.13. The number of methoxy groups -OCH3 is 1. The molecule has 4 aromatic rings. The van der Waals surface area contributed by atoms with Crippen molar-refractivity contribution >= 4 is 11.0 Å². The van der Waals surface area contributed by atoms with Gasteiger partial charge in [0.25, 0.3) is 0 Å². The van der Waals surface area contributed by atoms with Crippen LogP contribution in [-0.2, 0) is 0 Å². The van der Waals surface area contributed by atoms with Crippen LogP contribution in [0.1, 0.15) is 5.56 Å². The van der Waals surface area contributed by atoms with Gasteiger partial charge in [-0.1, -0.05) is 24.3 Å². The average molecular weight is 326 g/mol. The number of hydrogen-bond donors (Lipinski definition) is 0. The van der Waals surface area contributed by atoms with E-state index >= 15 is 0 Å². The highest BCUT2D eigenvalue weighted by atomic mass is 16.5. The van der Waals surface area contributed by atoms with E-state index in [0.29, 0.717) is 5.56 Å². The van der Waals surface area contributed by atoms with Crippen LogP contribution >= 0.6 is 0 Å². The first kappa shape index (κ1) is 15.0. The highest BCUT2D eigenvalue weighted by molar-refractivity contribution is 5.94. The van der Waals surface area contributed by atoms with Crippen LogP contribution in [-0.4, -0.2) is 12.1 Å². The second-order valence-corrected chi connectivity index (χ2v) is 5.61. The summed E-state index contributed by atoms with van der Waals surface area (Å²) in [6, 6.07) is 19.3. The summed E-state index contributed by atoms with van der Waals surface area (Å²) in [4.78, 5) is 4.32. The molecule has 2 heterocycles. The quantitative estimate of drug-likeness (QED) is 0.529. The van der Waals surface area contributed by atoms with Crippen LogP contribution in [0.4, 0.5) is 0 Å². The van der Waals surface area contributed by atoms with E-state index in [1.54, 1.807) is 25.6 Å². The normalized spacial score (nSPS) is 10.6. The Balaban J connectivity index is 1.91. The third kappa shape index (κ3) is 2.62. The van der Waals surface area contributed by atoms with Crippen LogP contribution in [0.3, 0.4) is 0 Å². The lowest BCUT2D eigenvalue weighted by atomic mass is 10.0. The van der Waals surface area contributed by atoms with Crippen molar-refractivity contribution in [3.63, 3.8) is 0 Å². The SMILES string of the molecule is COc1ccccc1-c1cc2cncc(-c3cccc(C#N)c3)c2o1. The number of furan rings is 1. The monoisotopic (exact) mass is 326 g/mol. The van der Waals surface area contributed by atoms with E-state index in [9.17, 15) is 0 Å². The van der Waals surface area contributed by atoms with Gasteiger partial charge in [0.1, 0.15) is 17.1 Å². The molecule has 0 spiro atoms. The van der Waals surface area contributed by atoms with Gasteiger partial charge < -0.3 is 9.15 Å². The van der Waals surface area contributed by atoms with Crippen LogP contribution in [0.15, 0.2) is 71.4 Å². The van der Waals surface area contributed by atoms with Crippen molar-refractivity contribution in [1.29, 1.82) is 5.26 Å². The van der Waals surface area contributed by atoms with Crippen molar-refractivity contribution in [2.24, 2.45) is 0 Å². The first-order valence-corrected chi connectivity index (χ1v) is 7.81. The number of pyridine rings is 1. The van der Waals surface area contributed by atoms with Gasteiger partial charge in [0.15, 0.2) is 0 Å². The van der Waals surface area contributed by atoms with E-state index in [1.807, 2.05) is 48.5 Å². The molecule has 0 amide bonds. The van der Waals surface area contributed by atoms with Gasteiger partial charge in [0.05, 0.1) is 24.3 Å². The zero-order chi connectivity index (χ0) is 17.2. The minimum atomic E-state index is 0.603. The molecule has 0 radical (unpaired) electrons. The van der Waals surface area contributed by atoms with Crippen LogP contribution in [0.25, 0.3) is 33.4 Å². The summed E-state index contributed by atoms with van der Waals surface area (Å²) in [5.74, 6) is 1.47. The Labute approximate surface area is 144 Å². The van der Waals surface area contributed by atoms with Gasteiger partial charge in [0, 0.05) is 23.3 Å². The number of fused-ring (bicyclic) bond motifs is 1. The second kappa shape index (κ2) is 6.14. The fraction of sp³-hybridized carbons (Fsp3) is 0.0476. The van der Waals surface area contributed by atoms with E-state index in [1.165, 1.54) is 0 Å². The topological polar surface area (TPSA) is 59.0 Å². The first-order chi connectivity index (χ1) is 12.3. The predicted octanol–water partition coefficient (Wildman–Crippen LogP) is 5.04. The number of nitriles is 1. The Kier molecular flexibility index (Phi) is 3.68. The largest absolute Gasteiger partial charge is 0.496 e. The lowest BCUT2D eigenvalue weighted by Crippen LogP contribution is -1.85. The molecule has 4 heteroatoms. The molecule has 2 aromatic carbocycles. The van der Waals surface area contributed by atoms with E-state index in [4.69, 9.17) is 14.4 Å². The van der Waals surface area contributed by atoms with Crippen molar-refractivity contribution < 1.29 is 9.15 Å². The van der Waals surface area contributed by atoms with Gasteiger partial charge in [-0.3, -0.25) is 4.98 Å². The highest BCUT2D eigenvalue weighted by Gasteiger charge is 2.14. The van der Waals surface area contributed by atoms with Crippen molar-refractivity contribution in [2.75, 3.05) is 7.11 Å². The summed E-state index contributed by atoms with van der Waals surface area (Å²) in [6.07, 6.45) is 3.53. The highest BCUT2D eigenvalue weighted by Crippen LogP contribution is 2.37. The maximum absolute atomic E-state index is 9.13. The van der Waals surface area contributed by atoms with Crippen molar-refractivity contribution in [3.8, 4) is 34.3 Å². The first-order valence-electron chi connectivity index (χ1n) is 7.81. The number of hydrogen-bond acceptors (Lipinski definition) is 4.